The summed E-state index contributed by atoms with van der Waals surface area (Å²) in [5.41, 5.74) is 1.28. The molecule has 0 amide bonds. The van der Waals surface area contributed by atoms with E-state index in [0.717, 1.165) is 12.8 Å². The van der Waals surface area contributed by atoms with E-state index in [1.807, 2.05) is 6.08 Å². The third-order valence-electron chi connectivity index (χ3n) is 4.05. The van der Waals surface area contributed by atoms with Gasteiger partial charge in [-0.2, -0.15) is 0 Å². The fourth-order valence-corrected chi connectivity index (χ4v) is 5.36. The molecule has 1 aromatic carbocycles. The minimum Gasteiger partial charge on any atom is -0.385 e. The average molecular weight is 304 g/mol. The molecule has 1 aliphatic heterocycles. The third-order valence-corrected chi connectivity index (χ3v) is 6.65. The Hall–Kier alpha value is -0.943. The molecule has 0 unspecified atom stereocenters. The zero-order valence-electron chi connectivity index (χ0n) is 13.3. The largest absolute Gasteiger partial charge is 0.385 e. The lowest BCUT2D eigenvalue weighted by Crippen LogP contribution is -2.52. The lowest BCUT2D eigenvalue weighted by molar-refractivity contribution is 0.164. The van der Waals surface area contributed by atoms with Gasteiger partial charge in [-0.1, -0.05) is 42.1 Å². The Labute approximate surface area is 130 Å². The topological polar surface area (TPSA) is 15.7 Å². The molecular formula is C17H27N2OSi. The molecule has 1 aliphatic rings. The van der Waals surface area contributed by atoms with Crippen LogP contribution in [0.1, 0.15) is 12.5 Å². The highest BCUT2D eigenvalue weighted by atomic mass is 28.3. The van der Waals surface area contributed by atoms with Crippen LogP contribution in [0.4, 0.5) is 0 Å². The van der Waals surface area contributed by atoms with Crippen LogP contribution in [0.2, 0.25) is 0 Å². The number of likely N-dealkylation sites (N-methyl/N-ethyl adjacent to an activating group) is 1. The standard InChI is InChI=1S/C17H27N2OSi/c1-4-16-8-6-7-9-17(16)21(15-20-5-2)14-19-12-10-18(3)11-13-19/h4,6-9H,1,5,10-15H2,2-3H3. The number of ether oxygens (including phenoxy) is 1. The molecule has 0 aromatic heterocycles. The van der Waals surface area contributed by atoms with Crippen LogP contribution in [0.25, 0.3) is 6.08 Å². The van der Waals surface area contributed by atoms with Crippen molar-refractivity contribution in [2.24, 2.45) is 0 Å². The van der Waals surface area contributed by atoms with E-state index < -0.39 is 8.80 Å². The van der Waals surface area contributed by atoms with Gasteiger partial charge >= 0.3 is 0 Å². The number of benzene rings is 1. The summed E-state index contributed by atoms with van der Waals surface area (Å²) in [4.78, 5) is 5.01. The van der Waals surface area contributed by atoms with Crippen LogP contribution in [0.15, 0.2) is 30.8 Å². The quantitative estimate of drug-likeness (QED) is 0.708. The molecule has 2 rings (SSSR count). The predicted molar refractivity (Wildman–Crippen MR) is 92.4 cm³/mol. The number of rotatable bonds is 7. The highest BCUT2D eigenvalue weighted by Gasteiger charge is 2.22. The average Bonchev–Trinajstić information content (AvgIpc) is 2.53. The van der Waals surface area contributed by atoms with Gasteiger partial charge in [0.05, 0.1) is 0 Å². The predicted octanol–water partition coefficient (Wildman–Crippen LogP) is 1.39. The summed E-state index contributed by atoms with van der Waals surface area (Å²) in [5.74, 6) is 0. The van der Waals surface area contributed by atoms with Crippen molar-refractivity contribution in [3.63, 3.8) is 0 Å². The summed E-state index contributed by atoms with van der Waals surface area (Å²) in [6.45, 7) is 11.5. The lowest BCUT2D eigenvalue weighted by Gasteiger charge is -2.34. The van der Waals surface area contributed by atoms with Gasteiger partial charge < -0.3 is 14.5 Å². The Morgan fingerprint density at radius 1 is 1.24 bits per heavy atom. The fraction of sp³-hybridized carbons (Fsp3) is 0.529. The van der Waals surface area contributed by atoms with Gasteiger partial charge in [0, 0.05) is 39.0 Å². The van der Waals surface area contributed by atoms with Crippen molar-refractivity contribution < 1.29 is 4.74 Å². The van der Waals surface area contributed by atoms with E-state index in [2.05, 4.69) is 54.6 Å². The Balaban J connectivity index is 2.08. The first kappa shape index (κ1) is 16.4. The summed E-state index contributed by atoms with van der Waals surface area (Å²) in [5, 5.41) is 1.46. The second-order valence-electron chi connectivity index (χ2n) is 5.61. The van der Waals surface area contributed by atoms with Crippen molar-refractivity contribution in [2.45, 2.75) is 6.92 Å². The first-order chi connectivity index (χ1) is 10.2. The van der Waals surface area contributed by atoms with Gasteiger partial charge in [0.2, 0.25) is 0 Å². The van der Waals surface area contributed by atoms with E-state index in [-0.39, 0.29) is 0 Å². The number of hydrogen-bond donors (Lipinski definition) is 0. The zero-order chi connectivity index (χ0) is 15.1. The molecule has 1 saturated heterocycles. The minimum absolute atomic E-state index is 0.729. The molecular weight excluding hydrogens is 276 g/mol. The number of nitrogens with zero attached hydrogens (tertiary/aromatic N) is 2. The number of piperazine rings is 1. The van der Waals surface area contributed by atoms with E-state index in [0.29, 0.717) is 0 Å². The van der Waals surface area contributed by atoms with E-state index in [1.165, 1.54) is 43.1 Å². The summed E-state index contributed by atoms with van der Waals surface area (Å²) >= 11 is 0. The zero-order valence-corrected chi connectivity index (χ0v) is 14.3. The van der Waals surface area contributed by atoms with Crippen LogP contribution >= 0.6 is 0 Å². The smallest absolute Gasteiger partial charge is 0.132 e. The summed E-state index contributed by atoms with van der Waals surface area (Å²) in [6.07, 6.45) is 4.04. The fourth-order valence-electron chi connectivity index (χ4n) is 2.71. The molecule has 4 heteroatoms. The monoisotopic (exact) mass is 303 g/mol. The highest BCUT2D eigenvalue weighted by molar-refractivity contribution is 6.74. The van der Waals surface area contributed by atoms with Crippen LogP contribution in [0, 0.1) is 0 Å². The van der Waals surface area contributed by atoms with Crippen molar-refractivity contribution in [1.29, 1.82) is 0 Å². The maximum Gasteiger partial charge on any atom is 0.132 e. The molecule has 1 radical (unpaired) electrons. The molecule has 1 fully saturated rings. The Kier molecular flexibility index (Phi) is 6.64. The highest BCUT2D eigenvalue weighted by Crippen LogP contribution is 2.05. The van der Waals surface area contributed by atoms with Crippen LogP contribution in [-0.4, -0.2) is 70.8 Å². The molecule has 0 aliphatic carbocycles. The second kappa shape index (κ2) is 8.49. The molecule has 0 atom stereocenters. The van der Waals surface area contributed by atoms with Gasteiger partial charge in [-0.15, -0.1) is 0 Å². The van der Waals surface area contributed by atoms with Crippen LogP contribution in [-0.2, 0) is 4.74 Å². The Morgan fingerprint density at radius 2 is 1.95 bits per heavy atom. The molecule has 1 heterocycles. The second-order valence-corrected chi connectivity index (χ2v) is 7.96. The molecule has 0 saturated carbocycles. The summed E-state index contributed by atoms with van der Waals surface area (Å²) in [6, 6.07) is 8.67. The van der Waals surface area contributed by atoms with Crippen LogP contribution in [0.3, 0.4) is 0 Å². The van der Waals surface area contributed by atoms with Gasteiger partial charge in [-0.3, -0.25) is 0 Å². The van der Waals surface area contributed by atoms with Gasteiger partial charge in [0.1, 0.15) is 8.80 Å². The van der Waals surface area contributed by atoms with Gasteiger partial charge in [-0.25, -0.2) is 0 Å². The molecule has 1 aromatic rings. The molecule has 21 heavy (non-hydrogen) atoms. The lowest BCUT2D eigenvalue weighted by atomic mass is 10.2. The van der Waals surface area contributed by atoms with Crippen molar-refractivity contribution >= 4 is 20.1 Å². The first-order valence-electron chi connectivity index (χ1n) is 7.79. The van der Waals surface area contributed by atoms with Crippen LogP contribution in [0.5, 0.6) is 0 Å². The van der Waals surface area contributed by atoms with Crippen molar-refractivity contribution in [1.82, 2.24) is 9.80 Å². The van der Waals surface area contributed by atoms with Crippen molar-refractivity contribution in [2.75, 3.05) is 52.2 Å². The Bertz CT molecular complexity index is 444. The van der Waals surface area contributed by atoms with Gasteiger partial charge in [-0.05, 0) is 25.7 Å². The molecule has 3 nitrogen and oxygen atoms in total. The molecule has 0 N–H and O–H groups in total. The molecule has 115 valence electrons. The first-order valence-corrected chi connectivity index (χ1v) is 9.71. The summed E-state index contributed by atoms with van der Waals surface area (Å²) < 4.78 is 5.79. The van der Waals surface area contributed by atoms with E-state index in [4.69, 9.17) is 4.74 Å². The maximum atomic E-state index is 5.79. The minimum atomic E-state index is -0.729. The van der Waals surface area contributed by atoms with E-state index in [1.54, 1.807) is 0 Å². The van der Waals surface area contributed by atoms with Crippen molar-refractivity contribution in [3.8, 4) is 0 Å². The van der Waals surface area contributed by atoms with Gasteiger partial charge in [0.15, 0.2) is 0 Å². The van der Waals surface area contributed by atoms with E-state index >= 15 is 0 Å². The summed E-state index contributed by atoms with van der Waals surface area (Å²) in [7, 11) is 1.48. The van der Waals surface area contributed by atoms with Crippen LogP contribution < -0.4 is 5.19 Å². The van der Waals surface area contributed by atoms with Crippen molar-refractivity contribution in [3.05, 3.63) is 36.4 Å². The normalized spacial score (nSPS) is 17.3. The SMILES string of the molecule is C=Cc1ccccc1[Si](COCC)CN1CCN(C)CC1. The van der Waals surface area contributed by atoms with E-state index in [9.17, 15) is 0 Å². The molecule has 0 bridgehead atoms. The van der Waals surface area contributed by atoms with Gasteiger partial charge in [0.25, 0.3) is 0 Å². The molecule has 0 spiro atoms. The number of hydrogen-bond acceptors (Lipinski definition) is 3. The Morgan fingerprint density at radius 3 is 2.62 bits per heavy atom. The maximum absolute atomic E-state index is 5.79. The third kappa shape index (κ3) is 4.78.